The van der Waals surface area contributed by atoms with Crippen LogP contribution in [0.4, 0.5) is 5.69 Å². The van der Waals surface area contributed by atoms with E-state index >= 15 is 0 Å². The predicted molar refractivity (Wildman–Crippen MR) is 161 cm³/mol. The number of hydrogen-bond donors (Lipinski definition) is 1. The van der Waals surface area contributed by atoms with Crippen LogP contribution in [-0.4, -0.2) is 14.7 Å². The van der Waals surface area contributed by atoms with Gasteiger partial charge in [-0.05, 0) is 84.9 Å². The highest BCUT2D eigenvalue weighted by Crippen LogP contribution is 2.44. The second-order valence-electron chi connectivity index (χ2n) is 10.4. The molecule has 3 heterocycles. The predicted octanol–water partition coefficient (Wildman–Crippen LogP) is 7.94. The Morgan fingerprint density at radius 3 is 2.34 bits per heavy atom. The summed E-state index contributed by atoms with van der Waals surface area (Å²) >= 11 is 5.98. The van der Waals surface area contributed by atoms with E-state index in [2.05, 4.69) is 121 Å². The van der Waals surface area contributed by atoms with Crippen LogP contribution in [0.5, 0.6) is 0 Å². The average molecular weight is 517 g/mol. The van der Waals surface area contributed by atoms with Crippen molar-refractivity contribution in [3.05, 3.63) is 125 Å². The molecule has 4 nitrogen and oxygen atoms in total. The van der Waals surface area contributed by atoms with Gasteiger partial charge in [-0.3, -0.25) is 4.98 Å². The van der Waals surface area contributed by atoms with Crippen molar-refractivity contribution in [3.8, 4) is 5.69 Å². The number of fused-ring (bicyclic) bond motifs is 1. The number of anilines is 1. The maximum Gasteiger partial charge on any atom is 0.174 e. The zero-order chi connectivity index (χ0) is 26.4. The lowest BCUT2D eigenvalue weighted by Gasteiger charge is -2.28. The van der Waals surface area contributed by atoms with Gasteiger partial charge < -0.3 is 14.8 Å². The lowest BCUT2D eigenvalue weighted by atomic mass is 9.96. The highest BCUT2D eigenvalue weighted by Gasteiger charge is 2.42. The van der Waals surface area contributed by atoms with Gasteiger partial charge in [0.05, 0.1) is 23.5 Å². The summed E-state index contributed by atoms with van der Waals surface area (Å²) in [4.78, 5) is 7.01. The monoisotopic (exact) mass is 516 g/mol. The van der Waals surface area contributed by atoms with Crippen molar-refractivity contribution in [2.24, 2.45) is 0 Å². The third-order valence-electron chi connectivity index (χ3n) is 7.73. The minimum absolute atomic E-state index is 0.0442. The van der Waals surface area contributed by atoms with Gasteiger partial charge in [0, 0.05) is 28.7 Å². The average Bonchev–Trinajstić information content (AvgIpc) is 3.43. The zero-order valence-corrected chi connectivity index (χ0v) is 23.0. The van der Waals surface area contributed by atoms with Gasteiger partial charge in [0.25, 0.3) is 0 Å². The number of thiocarbonyl (C=S) groups is 1. The second kappa shape index (κ2) is 9.73. The fourth-order valence-corrected chi connectivity index (χ4v) is 6.18. The van der Waals surface area contributed by atoms with E-state index in [9.17, 15) is 0 Å². The molecule has 1 saturated heterocycles. The highest BCUT2D eigenvalue weighted by atomic mass is 32.1. The van der Waals surface area contributed by atoms with Gasteiger partial charge in [-0.1, -0.05) is 68.4 Å². The summed E-state index contributed by atoms with van der Waals surface area (Å²) in [6.45, 7) is 8.86. The lowest BCUT2D eigenvalue weighted by molar-refractivity contribution is 0.565. The number of nitrogens with zero attached hydrogens (tertiary/aromatic N) is 3. The van der Waals surface area contributed by atoms with Gasteiger partial charge in [0.2, 0.25) is 0 Å². The Kier molecular flexibility index (Phi) is 6.24. The molecule has 1 fully saturated rings. The molecule has 0 amide bonds. The minimum atomic E-state index is -0.0741. The molecule has 0 saturated carbocycles. The van der Waals surface area contributed by atoms with E-state index in [-0.39, 0.29) is 12.1 Å². The molecule has 2 aromatic heterocycles. The fourth-order valence-electron chi connectivity index (χ4n) is 5.83. The zero-order valence-electron chi connectivity index (χ0n) is 22.2. The number of rotatable bonds is 5. The van der Waals surface area contributed by atoms with Gasteiger partial charge in [-0.2, -0.15) is 0 Å². The number of pyridine rings is 1. The molecule has 190 valence electrons. The first kappa shape index (κ1) is 24.4. The lowest BCUT2D eigenvalue weighted by Crippen LogP contribution is -2.29. The number of benzene rings is 3. The number of aromatic nitrogens is 2. The Balaban J connectivity index is 1.52. The first-order chi connectivity index (χ1) is 18.4. The van der Waals surface area contributed by atoms with Gasteiger partial charge >= 0.3 is 0 Å². The molecule has 1 N–H and O–H groups in total. The van der Waals surface area contributed by atoms with Crippen LogP contribution in [0.2, 0.25) is 0 Å². The molecule has 0 radical (unpaired) electrons. The van der Waals surface area contributed by atoms with E-state index < -0.39 is 0 Å². The van der Waals surface area contributed by atoms with Crippen LogP contribution in [-0.2, 0) is 0 Å². The Morgan fingerprint density at radius 1 is 0.868 bits per heavy atom. The first-order valence-corrected chi connectivity index (χ1v) is 13.6. The number of aryl methyl sites for hydroxylation is 1. The van der Waals surface area contributed by atoms with E-state index in [0.29, 0.717) is 5.92 Å². The minimum Gasteiger partial charge on any atom is -0.351 e. The van der Waals surface area contributed by atoms with Gasteiger partial charge in [-0.15, -0.1) is 0 Å². The number of nitrogens with one attached hydrogen (secondary N) is 1. The summed E-state index contributed by atoms with van der Waals surface area (Å²) in [5, 5.41) is 6.81. The van der Waals surface area contributed by atoms with Crippen molar-refractivity contribution in [1.82, 2.24) is 14.9 Å². The van der Waals surface area contributed by atoms with Crippen molar-refractivity contribution in [3.63, 3.8) is 0 Å². The van der Waals surface area contributed by atoms with Crippen molar-refractivity contribution >= 4 is 33.8 Å². The number of hydrogen-bond acceptors (Lipinski definition) is 2. The van der Waals surface area contributed by atoms with Crippen LogP contribution in [0, 0.1) is 13.8 Å². The van der Waals surface area contributed by atoms with E-state index in [1.807, 2.05) is 18.3 Å². The van der Waals surface area contributed by atoms with Crippen LogP contribution in [0.3, 0.4) is 0 Å². The normalized spacial score (nSPS) is 17.4. The largest absolute Gasteiger partial charge is 0.351 e. The fraction of sp³-hybridized carbons (Fsp3) is 0.212. The molecular formula is C33H32N4S. The van der Waals surface area contributed by atoms with Crippen LogP contribution >= 0.6 is 12.2 Å². The van der Waals surface area contributed by atoms with E-state index in [0.717, 1.165) is 16.5 Å². The quantitative estimate of drug-likeness (QED) is 0.240. The van der Waals surface area contributed by atoms with Crippen molar-refractivity contribution in [1.29, 1.82) is 0 Å². The van der Waals surface area contributed by atoms with Crippen LogP contribution in [0.15, 0.2) is 97.2 Å². The molecule has 1 aliphatic rings. The molecule has 1 aliphatic heterocycles. The Hall–Kier alpha value is -3.96. The Labute approximate surface area is 230 Å². The SMILES string of the molecule is Cc1cc([C@H]2[C@@H](c3ccccn3)NC(=S)N2c2ccc(C(C)C)cc2)c(C)n1-c1cccc2ccccc12. The van der Waals surface area contributed by atoms with Crippen LogP contribution < -0.4 is 10.2 Å². The van der Waals surface area contributed by atoms with Crippen molar-refractivity contribution < 1.29 is 0 Å². The standard InChI is InChI=1S/C33H32N4S/c1-21(2)24-15-17-26(18-16-24)37-32(31(35-33(37)38)29-13-7-8-19-34-29)28-20-22(3)36(23(28)4)30-14-9-11-25-10-5-6-12-27(25)30/h5-21,31-32H,1-4H3,(H,35,38)/t31-,32+/m1/s1. The first-order valence-electron chi connectivity index (χ1n) is 13.2. The smallest absolute Gasteiger partial charge is 0.174 e. The maximum absolute atomic E-state index is 5.98. The van der Waals surface area contributed by atoms with Gasteiger partial charge in [-0.25, -0.2) is 0 Å². The Morgan fingerprint density at radius 2 is 1.61 bits per heavy atom. The molecule has 2 atom stereocenters. The molecule has 5 heteroatoms. The third-order valence-corrected chi connectivity index (χ3v) is 8.05. The summed E-state index contributed by atoms with van der Waals surface area (Å²) in [5.41, 5.74) is 8.23. The molecule has 38 heavy (non-hydrogen) atoms. The summed E-state index contributed by atoms with van der Waals surface area (Å²) in [6, 6.07) is 32.2. The summed E-state index contributed by atoms with van der Waals surface area (Å²) in [5.74, 6) is 0.476. The van der Waals surface area contributed by atoms with E-state index in [1.54, 1.807) is 0 Å². The topological polar surface area (TPSA) is 33.1 Å². The molecule has 5 aromatic rings. The molecular weight excluding hydrogens is 484 g/mol. The summed E-state index contributed by atoms with van der Waals surface area (Å²) in [6.07, 6.45) is 1.86. The van der Waals surface area contributed by atoms with Gasteiger partial charge in [0.1, 0.15) is 0 Å². The third kappa shape index (κ3) is 4.07. The highest BCUT2D eigenvalue weighted by molar-refractivity contribution is 7.80. The van der Waals surface area contributed by atoms with Crippen molar-refractivity contribution in [2.75, 3.05) is 4.90 Å². The Bertz CT molecular complexity index is 1610. The second-order valence-corrected chi connectivity index (χ2v) is 10.8. The maximum atomic E-state index is 5.98. The van der Waals surface area contributed by atoms with Crippen molar-refractivity contribution in [2.45, 2.75) is 45.7 Å². The van der Waals surface area contributed by atoms with E-state index in [1.165, 1.54) is 39.0 Å². The molecule has 0 bridgehead atoms. The molecule has 6 rings (SSSR count). The summed E-state index contributed by atoms with van der Waals surface area (Å²) in [7, 11) is 0. The molecule has 0 aliphatic carbocycles. The van der Waals surface area contributed by atoms with Gasteiger partial charge in [0.15, 0.2) is 5.11 Å². The summed E-state index contributed by atoms with van der Waals surface area (Å²) < 4.78 is 2.38. The molecule has 3 aromatic carbocycles. The van der Waals surface area contributed by atoms with Crippen LogP contribution in [0.25, 0.3) is 16.5 Å². The van der Waals surface area contributed by atoms with E-state index in [4.69, 9.17) is 17.2 Å². The molecule has 0 spiro atoms. The molecule has 0 unspecified atom stereocenters. The van der Waals surface area contributed by atoms with Crippen LogP contribution in [0.1, 0.15) is 60.1 Å².